The molecule has 0 aliphatic heterocycles. The van der Waals surface area contributed by atoms with Crippen molar-refractivity contribution in [1.29, 1.82) is 0 Å². The molecule has 0 bridgehead atoms. The summed E-state index contributed by atoms with van der Waals surface area (Å²) in [5, 5.41) is 0. The van der Waals surface area contributed by atoms with E-state index in [-0.39, 0.29) is 0 Å². The van der Waals surface area contributed by atoms with Crippen molar-refractivity contribution < 1.29 is 13.3 Å². The van der Waals surface area contributed by atoms with Gasteiger partial charge in [0.25, 0.3) is 0 Å². The lowest BCUT2D eigenvalue weighted by Crippen LogP contribution is -2.53. The maximum Gasteiger partial charge on any atom is 0.515 e. The summed E-state index contributed by atoms with van der Waals surface area (Å²) in [6.45, 7) is 8.19. The molecule has 0 atom stereocenters. The zero-order valence-corrected chi connectivity index (χ0v) is 11.3. The predicted octanol–water partition coefficient (Wildman–Crippen LogP) is 1.70. The van der Waals surface area contributed by atoms with Gasteiger partial charge in [-0.1, -0.05) is 20.8 Å². The highest BCUT2D eigenvalue weighted by Crippen LogP contribution is 2.10. The van der Waals surface area contributed by atoms with Crippen LogP contribution in [-0.4, -0.2) is 34.8 Å². The first-order valence-corrected chi connectivity index (χ1v) is 7.79. The fraction of sp³-hybridized carbons (Fsp3) is 1.00. The standard InChI is InChI=1S/C10H25NO3Si/c1-4-7-12-15(10-11,13-8-5-2)14-9-6-3/h4-11H2,1-3H3. The van der Waals surface area contributed by atoms with Crippen molar-refractivity contribution in [2.45, 2.75) is 40.0 Å². The minimum atomic E-state index is -2.55. The van der Waals surface area contributed by atoms with Crippen LogP contribution in [0.5, 0.6) is 0 Å². The van der Waals surface area contributed by atoms with Gasteiger partial charge in [0.05, 0.1) is 6.17 Å². The number of hydrogen-bond acceptors (Lipinski definition) is 4. The van der Waals surface area contributed by atoms with E-state index in [2.05, 4.69) is 20.8 Å². The van der Waals surface area contributed by atoms with E-state index < -0.39 is 8.80 Å². The van der Waals surface area contributed by atoms with Gasteiger partial charge in [0, 0.05) is 19.8 Å². The van der Waals surface area contributed by atoms with Gasteiger partial charge in [-0.25, -0.2) is 0 Å². The Hall–Kier alpha value is 0.0569. The highest BCUT2D eigenvalue weighted by atomic mass is 28.4. The molecule has 15 heavy (non-hydrogen) atoms. The summed E-state index contributed by atoms with van der Waals surface area (Å²) in [7, 11) is -2.55. The lowest BCUT2D eigenvalue weighted by molar-refractivity contribution is 0.0606. The van der Waals surface area contributed by atoms with E-state index >= 15 is 0 Å². The number of rotatable bonds is 10. The highest BCUT2D eigenvalue weighted by molar-refractivity contribution is 6.60. The summed E-state index contributed by atoms with van der Waals surface area (Å²) in [4.78, 5) is 0. The van der Waals surface area contributed by atoms with Crippen LogP contribution in [0.1, 0.15) is 40.0 Å². The molecule has 92 valence electrons. The molecule has 4 nitrogen and oxygen atoms in total. The molecule has 0 radical (unpaired) electrons. The summed E-state index contributed by atoms with van der Waals surface area (Å²) in [6, 6.07) is 0. The molecule has 0 unspecified atom stereocenters. The Bertz CT molecular complexity index is 125. The van der Waals surface area contributed by atoms with Crippen molar-refractivity contribution in [3.05, 3.63) is 0 Å². The molecular weight excluding hydrogens is 210 g/mol. The van der Waals surface area contributed by atoms with E-state index in [9.17, 15) is 0 Å². The molecule has 0 aliphatic rings. The van der Waals surface area contributed by atoms with Crippen LogP contribution in [0.4, 0.5) is 0 Å². The van der Waals surface area contributed by atoms with E-state index in [0.29, 0.717) is 26.0 Å². The second-order valence-electron chi connectivity index (χ2n) is 3.43. The van der Waals surface area contributed by atoms with Gasteiger partial charge in [-0.05, 0) is 19.3 Å². The monoisotopic (exact) mass is 235 g/mol. The molecule has 0 aromatic rings. The smallest absolute Gasteiger partial charge is 0.373 e. The predicted molar refractivity (Wildman–Crippen MR) is 63.5 cm³/mol. The van der Waals surface area contributed by atoms with Crippen LogP contribution in [0.25, 0.3) is 0 Å². The molecule has 2 N–H and O–H groups in total. The maximum absolute atomic E-state index is 5.72. The highest BCUT2D eigenvalue weighted by Gasteiger charge is 2.39. The van der Waals surface area contributed by atoms with Gasteiger partial charge in [0.2, 0.25) is 0 Å². The third kappa shape index (κ3) is 6.27. The number of nitrogens with two attached hydrogens (primary N) is 1. The van der Waals surface area contributed by atoms with E-state index in [1.807, 2.05) is 0 Å². The number of hydrogen-bond donors (Lipinski definition) is 1. The van der Waals surface area contributed by atoms with Gasteiger partial charge in [-0.2, -0.15) is 0 Å². The van der Waals surface area contributed by atoms with Crippen molar-refractivity contribution in [3.8, 4) is 0 Å². The fourth-order valence-corrected chi connectivity index (χ4v) is 3.22. The average molecular weight is 235 g/mol. The zero-order chi connectivity index (χ0) is 11.6. The normalized spacial score (nSPS) is 12.0. The summed E-state index contributed by atoms with van der Waals surface area (Å²) in [5.41, 5.74) is 5.72. The molecule has 0 aliphatic carbocycles. The molecule has 5 heteroatoms. The van der Waals surface area contributed by atoms with Crippen molar-refractivity contribution >= 4 is 8.80 Å². The largest absolute Gasteiger partial charge is 0.515 e. The second-order valence-corrected chi connectivity index (χ2v) is 6.07. The average Bonchev–Trinajstić information content (AvgIpc) is 2.29. The Morgan fingerprint density at radius 1 is 0.800 bits per heavy atom. The molecule has 0 aromatic carbocycles. The molecule has 0 aromatic heterocycles. The Labute approximate surface area is 94.5 Å². The zero-order valence-electron chi connectivity index (χ0n) is 10.3. The molecule has 0 saturated heterocycles. The van der Waals surface area contributed by atoms with Crippen LogP contribution >= 0.6 is 0 Å². The van der Waals surface area contributed by atoms with Gasteiger partial charge < -0.3 is 19.0 Å². The third-order valence-electron chi connectivity index (χ3n) is 1.83. The van der Waals surface area contributed by atoms with Gasteiger partial charge >= 0.3 is 8.80 Å². The van der Waals surface area contributed by atoms with Gasteiger partial charge in [0.15, 0.2) is 0 Å². The fourth-order valence-electron chi connectivity index (χ4n) is 1.07. The molecule has 0 rings (SSSR count). The van der Waals surface area contributed by atoms with Crippen LogP contribution < -0.4 is 5.73 Å². The third-order valence-corrected chi connectivity index (χ3v) is 4.26. The molecule has 0 heterocycles. The first-order chi connectivity index (χ1) is 7.24. The van der Waals surface area contributed by atoms with Crippen molar-refractivity contribution in [2.24, 2.45) is 5.73 Å². The molecule has 0 saturated carbocycles. The van der Waals surface area contributed by atoms with Crippen LogP contribution in [-0.2, 0) is 13.3 Å². The van der Waals surface area contributed by atoms with Crippen molar-refractivity contribution in [3.63, 3.8) is 0 Å². The Morgan fingerprint density at radius 3 is 1.33 bits per heavy atom. The summed E-state index contributed by atoms with van der Waals surface area (Å²) < 4.78 is 17.1. The minimum Gasteiger partial charge on any atom is -0.373 e. The second kappa shape index (κ2) is 9.29. The Balaban J connectivity index is 4.16. The van der Waals surface area contributed by atoms with Crippen molar-refractivity contribution in [2.75, 3.05) is 26.0 Å². The van der Waals surface area contributed by atoms with Crippen LogP contribution in [0.15, 0.2) is 0 Å². The van der Waals surface area contributed by atoms with E-state index in [1.54, 1.807) is 0 Å². The topological polar surface area (TPSA) is 53.7 Å². The molecular formula is C10H25NO3Si. The Morgan fingerprint density at radius 2 is 1.13 bits per heavy atom. The van der Waals surface area contributed by atoms with Crippen LogP contribution in [0.3, 0.4) is 0 Å². The lowest BCUT2D eigenvalue weighted by Gasteiger charge is -2.28. The summed E-state index contributed by atoms with van der Waals surface area (Å²) in [5.74, 6) is 0. The molecule has 0 spiro atoms. The first-order valence-electron chi connectivity index (χ1n) is 5.86. The quantitative estimate of drug-likeness (QED) is 0.586. The van der Waals surface area contributed by atoms with Gasteiger partial charge in [-0.15, -0.1) is 0 Å². The van der Waals surface area contributed by atoms with Gasteiger partial charge in [-0.3, -0.25) is 0 Å². The van der Waals surface area contributed by atoms with Gasteiger partial charge in [0.1, 0.15) is 0 Å². The van der Waals surface area contributed by atoms with E-state index in [1.165, 1.54) is 0 Å². The van der Waals surface area contributed by atoms with Crippen LogP contribution in [0, 0.1) is 0 Å². The lowest BCUT2D eigenvalue weighted by atomic mass is 10.5. The molecule has 0 fully saturated rings. The SMILES string of the molecule is CCCO[Si](CN)(OCCC)OCCC. The van der Waals surface area contributed by atoms with E-state index in [0.717, 1.165) is 19.3 Å². The minimum absolute atomic E-state index is 0.368. The van der Waals surface area contributed by atoms with E-state index in [4.69, 9.17) is 19.0 Å². The summed E-state index contributed by atoms with van der Waals surface area (Å²) >= 11 is 0. The molecule has 0 amide bonds. The Kier molecular flexibility index (Phi) is 9.33. The van der Waals surface area contributed by atoms with Crippen molar-refractivity contribution in [1.82, 2.24) is 0 Å². The maximum atomic E-state index is 5.72. The first kappa shape index (κ1) is 15.1. The summed E-state index contributed by atoms with van der Waals surface area (Å²) in [6.07, 6.45) is 3.24. The van der Waals surface area contributed by atoms with Crippen LogP contribution in [0.2, 0.25) is 0 Å².